The van der Waals surface area contributed by atoms with Crippen LogP contribution in [0.2, 0.25) is 0 Å². The minimum Gasteiger partial charge on any atom is -0.348 e. The summed E-state index contributed by atoms with van der Waals surface area (Å²) < 4.78 is 2.09. The Kier molecular flexibility index (Phi) is 6.19. The fourth-order valence-electron chi connectivity index (χ4n) is 3.14. The zero-order valence-electron chi connectivity index (χ0n) is 17.0. The monoisotopic (exact) mass is 394 g/mol. The molecule has 28 heavy (non-hydrogen) atoms. The average molecular weight is 395 g/mol. The summed E-state index contributed by atoms with van der Waals surface area (Å²) in [5.41, 5.74) is 4.59. The summed E-state index contributed by atoms with van der Waals surface area (Å²) >= 11 is 1.44. The lowest BCUT2D eigenvalue weighted by atomic mass is 10.1. The normalized spacial score (nSPS) is 12.0. The van der Waals surface area contributed by atoms with Gasteiger partial charge in [-0.15, -0.1) is 10.2 Å². The highest BCUT2D eigenvalue weighted by Gasteiger charge is 2.22. The number of nitrogens with zero attached hydrogens (tertiary/aromatic N) is 4. The predicted molar refractivity (Wildman–Crippen MR) is 114 cm³/mol. The van der Waals surface area contributed by atoms with Crippen molar-refractivity contribution in [3.63, 3.8) is 0 Å². The zero-order chi connectivity index (χ0) is 20.3. The molecule has 0 spiro atoms. The van der Waals surface area contributed by atoms with Crippen LogP contribution in [-0.2, 0) is 11.2 Å². The highest BCUT2D eigenvalue weighted by Crippen LogP contribution is 2.29. The molecule has 5 nitrogen and oxygen atoms in total. The number of hydrogen-bond acceptors (Lipinski definition) is 4. The number of aryl methyl sites for hydroxylation is 2. The number of carbonyl (C=O) groups excluding carboxylic acids is 1. The second kappa shape index (κ2) is 8.61. The van der Waals surface area contributed by atoms with Crippen LogP contribution in [0.25, 0.3) is 5.69 Å². The molecule has 0 aliphatic carbocycles. The summed E-state index contributed by atoms with van der Waals surface area (Å²) in [6.45, 7) is 6.09. The zero-order valence-corrected chi connectivity index (χ0v) is 17.8. The minimum atomic E-state index is -0.242. The summed E-state index contributed by atoms with van der Waals surface area (Å²) in [5, 5.41) is 9.41. The van der Waals surface area contributed by atoms with Gasteiger partial charge in [0.15, 0.2) is 5.16 Å². The Balaban J connectivity index is 2.03. The van der Waals surface area contributed by atoms with Crippen molar-refractivity contribution in [2.45, 2.75) is 37.6 Å². The number of benzene rings is 2. The van der Waals surface area contributed by atoms with E-state index in [0.29, 0.717) is 6.42 Å². The Morgan fingerprint density at radius 3 is 2.46 bits per heavy atom. The summed E-state index contributed by atoms with van der Waals surface area (Å²) in [6.07, 6.45) is 0.678. The van der Waals surface area contributed by atoms with E-state index in [2.05, 4.69) is 58.9 Å². The molecule has 0 aliphatic heterocycles. The molecule has 2 aromatic carbocycles. The summed E-state index contributed by atoms with van der Waals surface area (Å²) in [4.78, 5) is 14.0. The molecular formula is C22H26N4OS. The third kappa shape index (κ3) is 4.44. The summed E-state index contributed by atoms with van der Waals surface area (Å²) in [7, 11) is 3.55. The number of hydrogen-bond donors (Lipinski definition) is 0. The quantitative estimate of drug-likeness (QED) is 0.592. The molecule has 3 rings (SSSR count). The van der Waals surface area contributed by atoms with Crippen LogP contribution in [-0.4, -0.2) is 44.9 Å². The molecule has 6 heteroatoms. The van der Waals surface area contributed by atoms with Gasteiger partial charge in [-0.25, -0.2) is 0 Å². The maximum atomic E-state index is 12.4. The van der Waals surface area contributed by atoms with E-state index in [1.165, 1.54) is 22.9 Å². The first-order valence-electron chi connectivity index (χ1n) is 9.30. The van der Waals surface area contributed by atoms with Gasteiger partial charge in [-0.05, 0) is 38.0 Å². The second-order valence-corrected chi connectivity index (χ2v) is 8.49. The molecule has 1 atom stereocenters. The predicted octanol–water partition coefficient (Wildman–Crippen LogP) is 4.04. The molecule has 0 bridgehead atoms. The van der Waals surface area contributed by atoms with Crippen molar-refractivity contribution in [3.8, 4) is 5.69 Å². The Morgan fingerprint density at radius 1 is 1.11 bits per heavy atom. The van der Waals surface area contributed by atoms with Crippen LogP contribution in [0.5, 0.6) is 0 Å². The van der Waals surface area contributed by atoms with E-state index in [1.807, 2.05) is 25.1 Å². The van der Waals surface area contributed by atoms with Crippen molar-refractivity contribution in [3.05, 3.63) is 71.0 Å². The van der Waals surface area contributed by atoms with Crippen LogP contribution in [0.4, 0.5) is 0 Å². The van der Waals surface area contributed by atoms with Crippen molar-refractivity contribution in [1.82, 2.24) is 19.7 Å². The molecule has 0 aliphatic rings. The smallest absolute Gasteiger partial charge is 0.235 e. The Labute approximate surface area is 170 Å². The first-order chi connectivity index (χ1) is 13.4. The largest absolute Gasteiger partial charge is 0.348 e. The molecule has 146 valence electrons. The van der Waals surface area contributed by atoms with Crippen molar-refractivity contribution in [2.24, 2.45) is 0 Å². The third-order valence-corrected chi connectivity index (χ3v) is 5.60. The Hall–Kier alpha value is -2.60. The SMILES string of the molecule is Cc1ccc(-n2c(Cc3ccccc3)nnc2SC(C)C(=O)N(C)C)c(C)c1. The van der Waals surface area contributed by atoms with E-state index in [1.54, 1.807) is 19.0 Å². The van der Waals surface area contributed by atoms with Crippen molar-refractivity contribution in [2.75, 3.05) is 14.1 Å². The average Bonchev–Trinajstić information content (AvgIpc) is 3.03. The molecule has 0 fully saturated rings. The summed E-state index contributed by atoms with van der Waals surface area (Å²) in [5.74, 6) is 0.926. The van der Waals surface area contributed by atoms with Gasteiger partial charge in [-0.3, -0.25) is 9.36 Å². The fraction of sp³-hybridized carbons (Fsp3) is 0.318. The van der Waals surface area contributed by atoms with E-state index in [-0.39, 0.29) is 11.2 Å². The van der Waals surface area contributed by atoms with Crippen LogP contribution in [0.3, 0.4) is 0 Å². The lowest BCUT2D eigenvalue weighted by Gasteiger charge is -2.18. The van der Waals surface area contributed by atoms with E-state index >= 15 is 0 Å². The first kappa shape index (κ1) is 20.1. The molecule has 1 amide bonds. The van der Waals surface area contributed by atoms with Gasteiger partial charge in [0, 0.05) is 20.5 Å². The molecule has 1 aromatic heterocycles. The van der Waals surface area contributed by atoms with Crippen LogP contribution >= 0.6 is 11.8 Å². The third-order valence-electron chi connectivity index (χ3n) is 4.57. The maximum Gasteiger partial charge on any atom is 0.235 e. The number of carbonyl (C=O) groups is 1. The highest BCUT2D eigenvalue weighted by atomic mass is 32.2. The minimum absolute atomic E-state index is 0.0600. The van der Waals surface area contributed by atoms with Gasteiger partial charge in [0.05, 0.1) is 10.9 Å². The van der Waals surface area contributed by atoms with Gasteiger partial charge in [0.25, 0.3) is 0 Å². The van der Waals surface area contributed by atoms with Crippen LogP contribution in [0.15, 0.2) is 53.7 Å². The summed E-state index contributed by atoms with van der Waals surface area (Å²) in [6, 6.07) is 16.6. The number of amides is 1. The second-order valence-electron chi connectivity index (χ2n) is 7.18. The molecule has 0 saturated heterocycles. The van der Waals surface area contributed by atoms with Gasteiger partial charge in [0.1, 0.15) is 5.82 Å². The van der Waals surface area contributed by atoms with Crippen molar-refractivity contribution < 1.29 is 4.79 Å². The van der Waals surface area contributed by atoms with Gasteiger partial charge >= 0.3 is 0 Å². The Bertz CT molecular complexity index is 966. The number of thioether (sulfide) groups is 1. The molecule has 1 heterocycles. The van der Waals surface area contributed by atoms with Crippen molar-refractivity contribution >= 4 is 17.7 Å². The van der Waals surface area contributed by atoms with E-state index in [0.717, 1.165) is 22.2 Å². The van der Waals surface area contributed by atoms with Gasteiger partial charge < -0.3 is 4.90 Å². The first-order valence-corrected chi connectivity index (χ1v) is 10.2. The number of aromatic nitrogens is 3. The molecule has 3 aromatic rings. The lowest BCUT2D eigenvalue weighted by Crippen LogP contribution is -2.29. The lowest BCUT2D eigenvalue weighted by molar-refractivity contribution is -0.127. The van der Waals surface area contributed by atoms with E-state index in [9.17, 15) is 4.79 Å². The van der Waals surface area contributed by atoms with Crippen LogP contribution < -0.4 is 0 Å². The maximum absolute atomic E-state index is 12.4. The van der Waals surface area contributed by atoms with Gasteiger partial charge in [-0.2, -0.15) is 0 Å². The molecular weight excluding hydrogens is 368 g/mol. The number of rotatable bonds is 6. The molecule has 0 N–H and O–H groups in total. The molecule has 0 saturated carbocycles. The molecule has 0 radical (unpaired) electrons. The fourth-order valence-corrected chi connectivity index (χ4v) is 4.16. The van der Waals surface area contributed by atoms with E-state index < -0.39 is 0 Å². The highest BCUT2D eigenvalue weighted by molar-refractivity contribution is 8.00. The van der Waals surface area contributed by atoms with Crippen molar-refractivity contribution in [1.29, 1.82) is 0 Å². The van der Waals surface area contributed by atoms with Crippen LogP contribution in [0.1, 0.15) is 29.4 Å². The standard InChI is InChI=1S/C22H26N4OS/c1-15-11-12-19(16(2)13-15)26-20(14-18-9-7-6-8-10-18)23-24-22(26)28-17(3)21(27)25(4)5/h6-13,17H,14H2,1-5H3. The molecule has 1 unspecified atom stereocenters. The Morgan fingerprint density at radius 2 is 1.82 bits per heavy atom. The van der Waals surface area contributed by atoms with Crippen LogP contribution in [0, 0.1) is 13.8 Å². The van der Waals surface area contributed by atoms with Gasteiger partial charge in [-0.1, -0.05) is 59.8 Å². The van der Waals surface area contributed by atoms with Gasteiger partial charge in [0.2, 0.25) is 5.91 Å². The van der Waals surface area contributed by atoms with E-state index in [4.69, 9.17) is 0 Å². The topological polar surface area (TPSA) is 51.0 Å².